The Morgan fingerprint density at radius 1 is 0.643 bits per heavy atom. The van der Waals surface area contributed by atoms with Crippen molar-refractivity contribution in [3.8, 4) is 0 Å². The summed E-state index contributed by atoms with van der Waals surface area (Å²) in [6, 6.07) is 0. The van der Waals surface area contributed by atoms with E-state index in [-0.39, 0.29) is 0 Å². The Hall–Kier alpha value is -0.0800. The van der Waals surface area contributed by atoms with E-state index in [1.165, 1.54) is 83.5 Å². The zero-order valence-corrected chi connectivity index (χ0v) is 19.1. The quantitative estimate of drug-likeness (QED) is 0.489. The fourth-order valence-electron chi connectivity index (χ4n) is 7.09. The second kappa shape index (κ2) is 11.3. The summed E-state index contributed by atoms with van der Waals surface area (Å²) in [6.45, 7) is 8.57. The van der Waals surface area contributed by atoms with E-state index in [0.717, 1.165) is 42.1 Å². The van der Waals surface area contributed by atoms with E-state index in [0.29, 0.717) is 18.6 Å². The molecule has 3 fully saturated rings. The van der Waals surface area contributed by atoms with Gasteiger partial charge in [-0.2, -0.15) is 0 Å². The Bertz CT molecular complexity index is 428. The van der Waals surface area contributed by atoms with Gasteiger partial charge in [-0.05, 0) is 92.8 Å². The summed E-state index contributed by atoms with van der Waals surface area (Å²) in [5.74, 6) is 5.92. The Balaban J connectivity index is 1.47. The van der Waals surface area contributed by atoms with Crippen molar-refractivity contribution >= 4 is 0 Å². The number of hydrogen-bond acceptors (Lipinski definition) is 2. The molecule has 0 radical (unpaired) electrons. The van der Waals surface area contributed by atoms with Crippen molar-refractivity contribution in [1.29, 1.82) is 0 Å². The van der Waals surface area contributed by atoms with Gasteiger partial charge in [0.2, 0.25) is 0 Å². The molecule has 28 heavy (non-hydrogen) atoms. The average Bonchev–Trinajstić information content (AvgIpc) is 2.77. The smallest absolute Gasteiger partial charge is 0.0578 e. The minimum Gasteiger partial charge on any atom is -0.396 e. The van der Waals surface area contributed by atoms with Gasteiger partial charge in [0, 0.05) is 13.2 Å². The Kier molecular flexibility index (Phi) is 9.16. The van der Waals surface area contributed by atoms with Crippen LogP contribution in [0.25, 0.3) is 0 Å². The summed E-state index contributed by atoms with van der Waals surface area (Å²) in [6.07, 6.45) is 18.1. The van der Waals surface area contributed by atoms with Crippen LogP contribution in [0.4, 0.5) is 0 Å². The van der Waals surface area contributed by atoms with Crippen LogP contribution in [0.2, 0.25) is 0 Å². The lowest BCUT2D eigenvalue weighted by molar-refractivity contribution is -0.0470. The van der Waals surface area contributed by atoms with E-state index < -0.39 is 0 Å². The van der Waals surface area contributed by atoms with Gasteiger partial charge in [0.1, 0.15) is 0 Å². The molecular weight excluding hydrogens is 344 g/mol. The van der Waals surface area contributed by atoms with Gasteiger partial charge in [-0.1, -0.05) is 52.9 Å². The number of aliphatic hydroxyl groups excluding tert-OH is 1. The predicted octanol–water partition coefficient (Wildman–Crippen LogP) is 6.85. The maximum Gasteiger partial charge on any atom is 0.0578 e. The first kappa shape index (κ1) is 22.6. The summed E-state index contributed by atoms with van der Waals surface area (Å²) < 4.78 is 6.51. The lowest BCUT2D eigenvalue weighted by Gasteiger charge is -2.46. The predicted molar refractivity (Wildman–Crippen MR) is 118 cm³/mol. The highest BCUT2D eigenvalue weighted by atomic mass is 16.5. The molecule has 3 rings (SSSR count). The fourth-order valence-corrected chi connectivity index (χ4v) is 7.09. The van der Waals surface area contributed by atoms with Gasteiger partial charge in [0.25, 0.3) is 0 Å². The maximum atomic E-state index is 9.61. The van der Waals surface area contributed by atoms with Gasteiger partial charge in [-0.15, -0.1) is 0 Å². The average molecular weight is 393 g/mol. The summed E-state index contributed by atoms with van der Waals surface area (Å²) in [7, 11) is 0. The largest absolute Gasteiger partial charge is 0.396 e. The molecule has 3 saturated carbocycles. The molecule has 0 heterocycles. The van der Waals surface area contributed by atoms with E-state index >= 15 is 0 Å². The highest BCUT2D eigenvalue weighted by Crippen LogP contribution is 2.48. The molecule has 0 bridgehead atoms. The minimum atomic E-state index is 0.404. The molecule has 6 atom stereocenters. The number of ether oxygens (including phenoxy) is 1. The van der Waals surface area contributed by atoms with Gasteiger partial charge in [0.05, 0.1) is 6.10 Å². The molecule has 0 aliphatic heterocycles. The van der Waals surface area contributed by atoms with Gasteiger partial charge < -0.3 is 9.84 Å². The summed E-state index contributed by atoms with van der Waals surface area (Å²) >= 11 is 0. The lowest BCUT2D eigenvalue weighted by atomic mass is 9.61. The van der Waals surface area contributed by atoms with Crippen LogP contribution in [0, 0.1) is 41.4 Å². The van der Waals surface area contributed by atoms with Crippen LogP contribution < -0.4 is 0 Å². The van der Waals surface area contributed by atoms with E-state index in [4.69, 9.17) is 4.74 Å². The standard InChI is InChI=1S/C26H48O2/c1-4-19-7-9-20(10-8-19)18-28-24-12-14-26(23(6-3)16-24)25-13-11-21(17-27)15-22(25)5-2/h19-27H,4-18H2,1-3H3. The zero-order chi connectivity index (χ0) is 19.9. The monoisotopic (exact) mass is 392 g/mol. The highest BCUT2D eigenvalue weighted by Gasteiger charge is 2.40. The van der Waals surface area contributed by atoms with Crippen LogP contribution >= 0.6 is 0 Å². The van der Waals surface area contributed by atoms with Crippen molar-refractivity contribution < 1.29 is 9.84 Å². The van der Waals surface area contributed by atoms with Gasteiger partial charge >= 0.3 is 0 Å². The van der Waals surface area contributed by atoms with E-state index in [2.05, 4.69) is 20.8 Å². The van der Waals surface area contributed by atoms with Gasteiger partial charge in [0.15, 0.2) is 0 Å². The molecule has 0 aromatic heterocycles. The number of hydrogen-bond donors (Lipinski definition) is 1. The molecule has 2 nitrogen and oxygen atoms in total. The molecule has 164 valence electrons. The molecule has 0 aromatic rings. The third-order valence-corrected chi connectivity index (χ3v) is 9.11. The van der Waals surface area contributed by atoms with Crippen LogP contribution in [0.5, 0.6) is 0 Å². The second-order valence-electron chi connectivity index (χ2n) is 10.6. The Labute approximate surface area is 175 Å². The molecule has 1 N–H and O–H groups in total. The summed E-state index contributed by atoms with van der Waals surface area (Å²) in [5, 5.41) is 9.61. The van der Waals surface area contributed by atoms with Crippen molar-refractivity contribution in [3.63, 3.8) is 0 Å². The Morgan fingerprint density at radius 2 is 1.21 bits per heavy atom. The molecule has 0 saturated heterocycles. The number of aliphatic hydroxyl groups is 1. The van der Waals surface area contributed by atoms with E-state index in [1.807, 2.05) is 0 Å². The molecule has 3 aliphatic rings. The third kappa shape index (κ3) is 5.75. The summed E-state index contributed by atoms with van der Waals surface area (Å²) in [4.78, 5) is 0. The normalized spacial score (nSPS) is 42.4. The molecule has 0 spiro atoms. The van der Waals surface area contributed by atoms with Gasteiger partial charge in [-0.3, -0.25) is 0 Å². The highest BCUT2D eigenvalue weighted by molar-refractivity contribution is 4.90. The number of rotatable bonds is 8. The zero-order valence-electron chi connectivity index (χ0n) is 19.1. The fraction of sp³-hybridized carbons (Fsp3) is 1.00. The summed E-state index contributed by atoms with van der Waals surface area (Å²) in [5.41, 5.74) is 0. The third-order valence-electron chi connectivity index (χ3n) is 9.11. The van der Waals surface area contributed by atoms with E-state index in [9.17, 15) is 5.11 Å². The van der Waals surface area contributed by atoms with Crippen LogP contribution in [0.3, 0.4) is 0 Å². The maximum absolute atomic E-state index is 9.61. The van der Waals surface area contributed by atoms with Crippen molar-refractivity contribution in [2.75, 3.05) is 13.2 Å². The minimum absolute atomic E-state index is 0.404. The molecule has 0 amide bonds. The lowest BCUT2D eigenvalue weighted by Crippen LogP contribution is -2.39. The SMILES string of the molecule is CCC1CCC(COC2CCC(C3CCC(CO)CC3CC)C(CC)C2)CC1. The first-order valence-corrected chi connectivity index (χ1v) is 12.9. The molecule has 2 heteroatoms. The van der Waals surface area contributed by atoms with Crippen molar-refractivity contribution in [2.24, 2.45) is 41.4 Å². The van der Waals surface area contributed by atoms with Gasteiger partial charge in [-0.25, -0.2) is 0 Å². The van der Waals surface area contributed by atoms with Crippen molar-refractivity contribution in [3.05, 3.63) is 0 Å². The van der Waals surface area contributed by atoms with Crippen LogP contribution in [0.1, 0.15) is 104 Å². The van der Waals surface area contributed by atoms with E-state index in [1.54, 1.807) is 0 Å². The molecular formula is C26H48O2. The first-order chi connectivity index (χ1) is 13.7. The van der Waals surface area contributed by atoms with Crippen LogP contribution in [-0.2, 0) is 4.74 Å². The first-order valence-electron chi connectivity index (χ1n) is 12.9. The van der Waals surface area contributed by atoms with Crippen LogP contribution in [-0.4, -0.2) is 24.4 Å². The topological polar surface area (TPSA) is 29.5 Å². The molecule has 0 aromatic carbocycles. The molecule has 6 unspecified atom stereocenters. The van der Waals surface area contributed by atoms with Crippen molar-refractivity contribution in [2.45, 2.75) is 110 Å². The van der Waals surface area contributed by atoms with Crippen LogP contribution in [0.15, 0.2) is 0 Å². The van der Waals surface area contributed by atoms with Crippen molar-refractivity contribution in [1.82, 2.24) is 0 Å². The second-order valence-corrected chi connectivity index (χ2v) is 10.6. The molecule has 3 aliphatic carbocycles. The Morgan fingerprint density at radius 3 is 1.82 bits per heavy atom.